The Morgan fingerprint density at radius 2 is 1.71 bits per heavy atom. The lowest BCUT2D eigenvalue weighted by molar-refractivity contribution is -0.120. The van der Waals surface area contributed by atoms with Gasteiger partial charge in [-0.3, -0.25) is 9.59 Å². The average molecular weight is 447 g/mol. The Labute approximate surface area is 183 Å². The number of carbonyl (C=O) groups excluding carboxylic acids is 2. The van der Waals surface area contributed by atoms with Gasteiger partial charge in [-0.25, -0.2) is 8.42 Å². The van der Waals surface area contributed by atoms with Crippen molar-refractivity contribution in [3.63, 3.8) is 0 Å². The van der Waals surface area contributed by atoms with Gasteiger partial charge in [-0.1, -0.05) is 32.0 Å². The van der Waals surface area contributed by atoms with Crippen LogP contribution in [0.5, 0.6) is 0 Å². The maximum atomic E-state index is 13.0. The van der Waals surface area contributed by atoms with Gasteiger partial charge in [0.1, 0.15) is 10.6 Å². The van der Waals surface area contributed by atoms with Crippen LogP contribution in [-0.2, 0) is 34.7 Å². The van der Waals surface area contributed by atoms with Crippen LogP contribution in [0.3, 0.4) is 0 Å². The smallest absolute Gasteiger partial charge is 0.265 e. The first-order valence-corrected chi connectivity index (χ1v) is 12.0. The van der Waals surface area contributed by atoms with E-state index in [4.69, 9.17) is 5.73 Å². The van der Waals surface area contributed by atoms with Gasteiger partial charge in [0.05, 0.1) is 0 Å². The molecule has 1 fully saturated rings. The molecule has 3 rings (SSSR count). The van der Waals surface area contributed by atoms with E-state index in [1.54, 1.807) is 7.05 Å². The van der Waals surface area contributed by atoms with E-state index in [0.717, 1.165) is 29.7 Å². The monoisotopic (exact) mass is 446 g/mol. The SMILES string of the molecule is CCc1cccc(CC)c1NC(=O)C1CCN(S(=O)(=O)c2cc(C(N)=O)n(C)c2)CC1. The second kappa shape index (κ2) is 9.23. The van der Waals surface area contributed by atoms with Crippen molar-refractivity contribution in [2.24, 2.45) is 18.7 Å². The Morgan fingerprint density at radius 3 is 2.19 bits per heavy atom. The second-order valence-electron chi connectivity index (χ2n) is 7.86. The van der Waals surface area contributed by atoms with Gasteiger partial charge in [-0.05, 0) is 42.9 Å². The molecule has 9 heteroatoms. The van der Waals surface area contributed by atoms with Crippen LogP contribution in [0.15, 0.2) is 35.4 Å². The van der Waals surface area contributed by atoms with E-state index < -0.39 is 15.9 Å². The van der Waals surface area contributed by atoms with E-state index in [-0.39, 0.29) is 35.5 Å². The first-order valence-electron chi connectivity index (χ1n) is 10.6. The maximum Gasteiger partial charge on any atom is 0.265 e. The highest BCUT2D eigenvalue weighted by molar-refractivity contribution is 7.89. The largest absolute Gasteiger partial charge is 0.364 e. The number of benzene rings is 1. The van der Waals surface area contributed by atoms with Crippen molar-refractivity contribution in [1.29, 1.82) is 0 Å². The molecule has 1 aliphatic heterocycles. The number of nitrogens with one attached hydrogen (secondary N) is 1. The Hall–Kier alpha value is -2.65. The number of anilines is 1. The number of aryl methyl sites for hydroxylation is 3. The van der Waals surface area contributed by atoms with Crippen molar-refractivity contribution in [1.82, 2.24) is 8.87 Å². The molecule has 1 aliphatic rings. The first-order chi connectivity index (χ1) is 14.7. The molecule has 0 unspecified atom stereocenters. The number of amides is 2. The fraction of sp³-hybridized carbons (Fsp3) is 0.455. The highest BCUT2D eigenvalue weighted by Gasteiger charge is 2.33. The summed E-state index contributed by atoms with van der Waals surface area (Å²) in [6.07, 6.45) is 3.92. The van der Waals surface area contributed by atoms with Crippen LogP contribution in [0.25, 0.3) is 0 Å². The first kappa shape index (κ1) is 23.0. The van der Waals surface area contributed by atoms with Crippen molar-refractivity contribution in [2.75, 3.05) is 18.4 Å². The zero-order valence-corrected chi connectivity index (χ0v) is 19.0. The van der Waals surface area contributed by atoms with Crippen molar-refractivity contribution in [2.45, 2.75) is 44.4 Å². The Morgan fingerprint density at radius 1 is 1.13 bits per heavy atom. The summed E-state index contributed by atoms with van der Waals surface area (Å²) < 4.78 is 28.7. The Bertz CT molecular complexity index is 1060. The molecule has 0 saturated carbocycles. The van der Waals surface area contributed by atoms with E-state index in [1.165, 1.54) is 21.1 Å². The van der Waals surface area contributed by atoms with Crippen LogP contribution in [0.1, 0.15) is 48.3 Å². The van der Waals surface area contributed by atoms with Crippen LogP contribution < -0.4 is 11.1 Å². The molecule has 1 saturated heterocycles. The number of piperidine rings is 1. The highest BCUT2D eigenvalue weighted by Crippen LogP contribution is 2.28. The van der Waals surface area contributed by atoms with Crippen molar-refractivity contribution in [3.8, 4) is 0 Å². The summed E-state index contributed by atoms with van der Waals surface area (Å²) in [5.74, 6) is -1.00. The van der Waals surface area contributed by atoms with Crippen LogP contribution in [0.2, 0.25) is 0 Å². The maximum absolute atomic E-state index is 13.0. The molecule has 168 valence electrons. The highest BCUT2D eigenvalue weighted by atomic mass is 32.2. The van der Waals surface area contributed by atoms with Crippen LogP contribution in [-0.4, -0.2) is 42.2 Å². The van der Waals surface area contributed by atoms with Gasteiger partial charge in [-0.15, -0.1) is 0 Å². The van der Waals surface area contributed by atoms with Gasteiger partial charge in [0.15, 0.2) is 0 Å². The number of rotatable bonds is 7. The molecule has 0 atom stereocenters. The fourth-order valence-electron chi connectivity index (χ4n) is 4.06. The molecule has 0 spiro atoms. The molecular formula is C22H30N4O4S. The minimum atomic E-state index is -3.75. The zero-order chi connectivity index (χ0) is 22.8. The summed E-state index contributed by atoms with van der Waals surface area (Å²) in [6.45, 7) is 4.61. The van der Waals surface area contributed by atoms with E-state index in [9.17, 15) is 18.0 Å². The molecule has 31 heavy (non-hydrogen) atoms. The summed E-state index contributed by atoms with van der Waals surface area (Å²) in [5.41, 5.74) is 8.51. The topological polar surface area (TPSA) is 114 Å². The number of hydrogen-bond donors (Lipinski definition) is 2. The second-order valence-corrected chi connectivity index (χ2v) is 9.80. The predicted octanol–water partition coefficient (Wildman–Crippen LogP) is 2.29. The summed E-state index contributed by atoms with van der Waals surface area (Å²) in [4.78, 5) is 24.4. The number of aromatic nitrogens is 1. The minimum Gasteiger partial charge on any atom is -0.364 e. The third kappa shape index (κ3) is 4.67. The van der Waals surface area contributed by atoms with E-state index >= 15 is 0 Å². The predicted molar refractivity (Wildman–Crippen MR) is 119 cm³/mol. The molecule has 8 nitrogen and oxygen atoms in total. The molecule has 2 amide bonds. The summed E-state index contributed by atoms with van der Waals surface area (Å²) >= 11 is 0. The minimum absolute atomic E-state index is 0.0381. The fourth-order valence-corrected chi connectivity index (χ4v) is 5.60. The number of para-hydroxylation sites is 1. The summed E-state index contributed by atoms with van der Waals surface area (Å²) in [5, 5.41) is 3.10. The van der Waals surface area contributed by atoms with Crippen molar-refractivity contribution < 1.29 is 18.0 Å². The molecule has 0 bridgehead atoms. The molecule has 3 N–H and O–H groups in total. The van der Waals surface area contributed by atoms with E-state index in [1.807, 2.05) is 18.2 Å². The van der Waals surface area contributed by atoms with Gasteiger partial charge in [0.25, 0.3) is 5.91 Å². The molecule has 0 radical (unpaired) electrons. The van der Waals surface area contributed by atoms with Gasteiger partial charge in [0, 0.05) is 37.9 Å². The lowest BCUT2D eigenvalue weighted by Gasteiger charge is -2.30. The average Bonchev–Trinajstić information content (AvgIpc) is 3.16. The third-order valence-electron chi connectivity index (χ3n) is 5.94. The quantitative estimate of drug-likeness (QED) is 0.679. The Kier molecular flexibility index (Phi) is 6.86. The number of nitrogens with two attached hydrogens (primary N) is 1. The summed E-state index contributed by atoms with van der Waals surface area (Å²) in [6, 6.07) is 7.34. The van der Waals surface area contributed by atoms with Crippen LogP contribution in [0.4, 0.5) is 5.69 Å². The molecular weight excluding hydrogens is 416 g/mol. The van der Waals surface area contributed by atoms with E-state index in [0.29, 0.717) is 12.8 Å². The van der Waals surface area contributed by atoms with Crippen LogP contribution in [0, 0.1) is 5.92 Å². The molecule has 2 heterocycles. The van der Waals surface area contributed by atoms with E-state index in [2.05, 4.69) is 19.2 Å². The lowest BCUT2D eigenvalue weighted by Crippen LogP contribution is -2.41. The summed E-state index contributed by atoms with van der Waals surface area (Å²) in [7, 11) is -2.18. The normalized spacial score (nSPS) is 15.7. The van der Waals surface area contributed by atoms with Crippen molar-refractivity contribution in [3.05, 3.63) is 47.3 Å². The standard InChI is InChI=1S/C22H30N4O4S/c1-4-15-7-6-8-16(5-2)20(15)24-22(28)17-9-11-26(12-10-17)31(29,30)18-13-19(21(23)27)25(3)14-18/h6-8,13-14,17H,4-5,9-12H2,1-3H3,(H2,23,27)(H,24,28). The number of hydrogen-bond acceptors (Lipinski definition) is 4. The molecule has 2 aromatic rings. The molecule has 1 aromatic heterocycles. The van der Waals surface area contributed by atoms with Gasteiger partial charge >= 0.3 is 0 Å². The van der Waals surface area contributed by atoms with Gasteiger partial charge in [-0.2, -0.15) is 4.31 Å². The molecule has 1 aromatic carbocycles. The third-order valence-corrected chi connectivity index (χ3v) is 7.81. The number of nitrogens with zero attached hydrogens (tertiary/aromatic N) is 2. The van der Waals surface area contributed by atoms with Gasteiger partial charge < -0.3 is 15.6 Å². The number of sulfonamides is 1. The van der Waals surface area contributed by atoms with Gasteiger partial charge in [0.2, 0.25) is 15.9 Å². The Balaban J connectivity index is 1.69. The van der Waals surface area contributed by atoms with Crippen LogP contribution >= 0.6 is 0 Å². The lowest BCUT2D eigenvalue weighted by atomic mass is 9.96. The van der Waals surface area contributed by atoms with Crippen molar-refractivity contribution >= 4 is 27.5 Å². The molecule has 0 aliphatic carbocycles. The zero-order valence-electron chi connectivity index (χ0n) is 18.2. The number of primary amides is 1. The number of carbonyl (C=O) groups is 2.